The number of hydrogen-bond acceptors (Lipinski definition) is 10. The monoisotopic (exact) mass is 908 g/mol. The van der Waals surface area contributed by atoms with Gasteiger partial charge in [-0.3, -0.25) is 18.0 Å². The summed E-state index contributed by atoms with van der Waals surface area (Å²) in [6.45, 7) is 5.46. The first-order valence-corrected chi connectivity index (χ1v) is 25.9. The van der Waals surface area contributed by atoms with Crippen LogP contribution in [0.1, 0.15) is 121 Å². The third kappa shape index (κ3) is 10.1. The summed E-state index contributed by atoms with van der Waals surface area (Å²) in [5.41, 5.74) is 10.2. The molecule has 10 rings (SSSR count). The number of cyclic esters (lactones) is 2. The molecule has 0 bridgehead atoms. The number of benzene rings is 4. The Kier molecular flexibility index (Phi) is 12.7. The minimum absolute atomic E-state index is 0.0475. The van der Waals surface area contributed by atoms with E-state index in [2.05, 4.69) is 36.4 Å². The summed E-state index contributed by atoms with van der Waals surface area (Å²) in [5.74, 6) is 1.29. The van der Waals surface area contributed by atoms with Gasteiger partial charge in [-0.25, -0.2) is 0 Å². The third-order valence-electron chi connectivity index (χ3n) is 15.1. The largest absolute Gasteiger partial charge is 0.465 e. The minimum atomic E-state index is -3.72. The first-order valence-electron chi connectivity index (χ1n) is 23.1. The summed E-state index contributed by atoms with van der Waals surface area (Å²) >= 11 is 0. The Hall–Kier alpha value is -4.36. The van der Waals surface area contributed by atoms with Crippen molar-refractivity contribution in [3.05, 3.63) is 129 Å². The van der Waals surface area contributed by atoms with E-state index in [1.807, 2.05) is 13.8 Å². The molecule has 340 valence electrons. The van der Waals surface area contributed by atoms with Gasteiger partial charge >= 0.3 is 11.9 Å². The van der Waals surface area contributed by atoms with E-state index < -0.39 is 20.2 Å². The van der Waals surface area contributed by atoms with E-state index in [0.29, 0.717) is 37.9 Å². The van der Waals surface area contributed by atoms with Gasteiger partial charge in [0.25, 0.3) is 20.2 Å². The van der Waals surface area contributed by atoms with Crippen molar-refractivity contribution in [3.8, 4) is 0 Å². The highest BCUT2D eigenvalue weighted by molar-refractivity contribution is 7.87. The molecule has 2 saturated carbocycles. The Morgan fingerprint density at radius 2 is 0.953 bits per heavy atom. The molecule has 0 amide bonds. The number of carbonyl (C=O) groups excluding carboxylic acids is 2. The van der Waals surface area contributed by atoms with E-state index in [9.17, 15) is 26.4 Å². The normalized spacial score (nSPS) is 27.5. The number of ether oxygens (including phenoxy) is 2. The van der Waals surface area contributed by atoms with Crippen LogP contribution in [0.5, 0.6) is 0 Å². The molecule has 0 unspecified atom stereocenters. The van der Waals surface area contributed by atoms with Crippen LogP contribution in [0.4, 0.5) is 0 Å². The van der Waals surface area contributed by atoms with Gasteiger partial charge in [0, 0.05) is 10.8 Å². The van der Waals surface area contributed by atoms with Gasteiger partial charge in [0.2, 0.25) is 0 Å². The van der Waals surface area contributed by atoms with Crippen molar-refractivity contribution in [3.63, 3.8) is 0 Å². The van der Waals surface area contributed by atoms with Gasteiger partial charge in [0.15, 0.2) is 0 Å². The second kappa shape index (κ2) is 18.1. The molecule has 6 atom stereocenters. The van der Waals surface area contributed by atoms with Crippen LogP contribution in [-0.4, -0.2) is 55.2 Å². The van der Waals surface area contributed by atoms with E-state index in [4.69, 9.17) is 17.8 Å². The molecular weight excluding hydrogens is 849 g/mol. The highest BCUT2D eigenvalue weighted by Crippen LogP contribution is 2.53. The number of hydrogen-bond donors (Lipinski definition) is 0. The summed E-state index contributed by atoms with van der Waals surface area (Å²) < 4.78 is 71.3. The lowest BCUT2D eigenvalue weighted by Gasteiger charge is -2.26. The molecule has 6 aliphatic rings. The molecule has 2 spiro atoms. The molecule has 4 aromatic rings. The molecule has 4 aliphatic carbocycles. The van der Waals surface area contributed by atoms with E-state index in [0.717, 1.165) is 88.2 Å². The molecule has 2 aliphatic heterocycles. The van der Waals surface area contributed by atoms with Crippen LogP contribution in [0.25, 0.3) is 0 Å². The standard InChI is InChI=1S/2C26H30O5S/c2*1-18-2-8-24(9-3-18)32(28,29)31-16-19-4-5-21-13-22(7-6-20(21)12-19)23-10-11-26(14-23)15-25(27)30-17-26/h2*2-3,6-9,13,19,23H,4-5,10-12,14-17H2,1H3/t19-,23+,26+;19-,23-,26-/m10/s1. The zero-order valence-corrected chi connectivity index (χ0v) is 38.7. The van der Waals surface area contributed by atoms with Crippen molar-refractivity contribution < 1.29 is 44.3 Å². The van der Waals surface area contributed by atoms with Crippen LogP contribution in [-0.2, 0) is 73.3 Å². The van der Waals surface area contributed by atoms with Crippen molar-refractivity contribution in [2.75, 3.05) is 26.4 Å². The summed E-state index contributed by atoms with van der Waals surface area (Å²) in [6, 6.07) is 27.1. The first kappa shape index (κ1) is 44.8. The predicted molar refractivity (Wildman–Crippen MR) is 242 cm³/mol. The smallest absolute Gasteiger partial charge is 0.306 e. The van der Waals surface area contributed by atoms with Crippen molar-refractivity contribution in [2.45, 2.75) is 125 Å². The predicted octanol–water partition coefficient (Wildman–Crippen LogP) is 9.41. The Morgan fingerprint density at radius 1 is 0.547 bits per heavy atom. The van der Waals surface area contributed by atoms with Crippen LogP contribution in [0.15, 0.2) is 94.7 Å². The molecule has 12 heteroatoms. The second-order valence-electron chi connectivity index (χ2n) is 19.9. The average molecular weight is 909 g/mol. The fraction of sp³-hybridized carbons (Fsp3) is 0.500. The fourth-order valence-corrected chi connectivity index (χ4v) is 13.2. The lowest BCUT2D eigenvalue weighted by atomic mass is 9.80. The molecule has 4 aromatic carbocycles. The average Bonchev–Trinajstić information content (AvgIpc) is 4.09. The van der Waals surface area contributed by atoms with Gasteiger partial charge in [-0.15, -0.1) is 0 Å². The van der Waals surface area contributed by atoms with Gasteiger partial charge in [-0.2, -0.15) is 16.8 Å². The Balaban J connectivity index is 0.000000162. The summed E-state index contributed by atoms with van der Waals surface area (Å²) in [7, 11) is -7.44. The summed E-state index contributed by atoms with van der Waals surface area (Å²) in [4.78, 5) is 23.6. The van der Waals surface area contributed by atoms with Crippen LogP contribution in [0, 0.1) is 36.5 Å². The quantitative estimate of drug-likeness (QED) is 0.112. The van der Waals surface area contributed by atoms with E-state index in [-0.39, 0.29) is 57.6 Å². The highest BCUT2D eigenvalue weighted by atomic mass is 32.2. The maximum Gasteiger partial charge on any atom is 0.306 e. The second-order valence-corrected chi connectivity index (χ2v) is 23.2. The molecule has 10 nitrogen and oxygen atoms in total. The molecule has 0 aromatic heterocycles. The maximum atomic E-state index is 12.5. The number of rotatable bonds is 10. The molecule has 0 radical (unpaired) electrons. The van der Waals surface area contributed by atoms with Crippen LogP contribution < -0.4 is 0 Å². The van der Waals surface area contributed by atoms with E-state index >= 15 is 0 Å². The van der Waals surface area contributed by atoms with E-state index in [1.165, 1.54) is 33.4 Å². The minimum Gasteiger partial charge on any atom is -0.465 e. The molecule has 64 heavy (non-hydrogen) atoms. The topological polar surface area (TPSA) is 139 Å². The van der Waals surface area contributed by atoms with Crippen LogP contribution in [0.2, 0.25) is 0 Å². The van der Waals surface area contributed by atoms with Gasteiger partial charge in [0.1, 0.15) is 0 Å². The van der Waals surface area contributed by atoms with Crippen molar-refractivity contribution in [2.24, 2.45) is 22.7 Å². The zero-order valence-electron chi connectivity index (χ0n) is 37.0. The van der Waals surface area contributed by atoms with Gasteiger partial charge < -0.3 is 9.47 Å². The molecular formula is C52H60O10S2. The molecule has 2 saturated heterocycles. The van der Waals surface area contributed by atoms with Crippen molar-refractivity contribution in [1.29, 1.82) is 0 Å². The lowest BCUT2D eigenvalue weighted by Crippen LogP contribution is -2.21. The molecule has 4 fully saturated rings. The number of carbonyl (C=O) groups is 2. The van der Waals surface area contributed by atoms with Gasteiger partial charge in [-0.1, -0.05) is 71.8 Å². The summed E-state index contributed by atoms with van der Waals surface area (Å²) in [6.07, 6.45) is 13.0. The maximum absolute atomic E-state index is 12.5. The van der Waals surface area contributed by atoms with Gasteiger partial charge in [0.05, 0.1) is 49.1 Å². The van der Waals surface area contributed by atoms with Crippen molar-refractivity contribution >= 4 is 32.2 Å². The molecule has 0 N–H and O–H groups in total. The number of fused-ring (bicyclic) bond motifs is 2. The Morgan fingerprint density at radius 3 is 1.33 bits per heavy atom. The number of aryl methyl sites for hydroxylation is 4. The van der Waals surface area contributed by atoms with Crippen molar-refractivity contribution in [1.82, 2.24) is 0 Å². The molecule has 2 heterocycles. The highest BCUT2D eigenvalue weighted by Gasteiger charge is 2.47. The van der Waals surface area contributed by atoms with E-state index in [1.54, 1.807) is 48.5 Å². The number of esters is 2. The van der Waals surface area contributed by atoms with Crippen LogP contribution in [0.3, 0.4) is 0 Å². The van der Waals surface area contributed by atoms with Crippen LogP contribution >= 0.6 is 0 Å². The van der Waals surface area contributed by atoms with Gasteiger partial charge in [-0.05, 0) is 172 Å². The Labute approximate surface area is 378 Å². The first-order chi connectivity index (χ1) is 30.6. The lowest BCUT2D eigenvalue weighted by molar-refractivity contribution is -0.138. The summed E-state index contributed by atoms with van der Waals surface area (Å²) in [5, 5.41) is 0. The Bertz CT molecular complexity index is 2420. The fourth-order valence-electron chi connectivity index (χ4n) is 11.3. The third-order valence-corrected chi connectivity index (χ3v) is 17.7. The zero-order chi connectivity index (χ0) is 44.7. The SMILES string of the molecule is Cc1ccc(S(=O)(=O)OC[C@@H]2CCc3cc([C@H]4CC[C@]5(COC(=O)C5)C4)ccc3C2)cc1.Cc1ccc(S(=O)(=O)OC[C@H]2CCc3cc([C@H]4CC[C@]5(COC(=O)C5)C4)ccc3C2)cc1.